The molecule has 76 valence electrons. The molecule has 1 aromatic heterocycles. The summed E-state index contributed by atoms with van der Waals surface area (Å²) in [5.41, 5.74) is 0.867. The molecule has 15 heavy (non-hydrogen) atoms. The number of para-hydroxylation sites is 1. The summed E-state index contributed by atoms with van der Waals surface area (Å²) >= 11 is 0. The van der Waals surface area contributed by atoms with Crippen LogP contribution in [0.5, 0.6) is 0 Å². The van der Waals surface area contributed by atoms with Crippen LogP contribution in [0.3, 0.4) is 0 Å². The largest absolute Gasteiger partial charge is 0.397 e. The molecule has 1 fully saturated rings. The minimum Gasteiger partial charge on any atom is -0.358 e. The zero-order valence-electron chi connectivity index (χ0n) is 7.96. The quantitative estimate of drug-likeness (QED) is 0.555. The number of aromatic nitrogens is 2. The summed E-state index contributed by atoms with van der Waals surface area (Å²) in [6.45, 7) is 0. The highest BCUT2D eigenvalue weighted by Crippen LogP contribution is 2.38. The Labute approximate surface area is 85.5 Å². The lowest BCUT2D eigenvalue weighted by atomic mass is 10.2. The molecule has 0 saturated heterocycles. The summed E-state index contributed by atoms with van der Waals surface area (Å²) in [6.07, 6.45) is 2.14. The Morgan fingerprint density at radius 3 is 2.80 bits per heavy atom. The van der Waals surface area contributed by atoms with Crippen molar-refractivity contribution in [3.8, 4) is 0 Å². The van der Waals surface area contributed by atoms with Crippen molar-refractivity contribution in [1.29, 1.82) is 0 Å². The van der Waals surface area contributed by atoms with E-state index in [1.807, 2.05) is 12.1 Å². The van der Waals surface area contributed by atoms with E-state index in [1.54, 1.807) is 16.8 Å². The highest BCUT2D eigenvalue weighted by Gasteiger charge is 2.32. The van der Waals surface area contributed by atoms with Gasteiger partial charge >= 0.3 is 5.82 Å². The van der Waals surface area contributed by atoms with Gasteiger partial charge in [0.1, 0.15) is 5.39 Å². The van der Waals surface area contributed by atoms with Gasteiger partial charge in [-0.25, -0.2) is 0 Å². The summed E-state index contributed by atoms with van der Waals surface area (Å²) < 4.78 is 1.79. The van der Waals surface area contributed by atoms with E-state index in [1.165, 1.54) is 0 Å². The molecule has 0 bridgehead atoms. The molecule has 0 aliphatic heterocycles. The van der Waals surface area contributed by atoms with Crippen molar-refractivity contribution in [3.63, 3.8) is 0 Å². The molecule has 1 aliphatic carbocycles. The highest BCUT2D eigenvalue weighted by molar-refractivity contribution is 5.87. The Hall–Kier alpha value is -1.91. The number of fused-ring (bicyclic) bond motifs is 1. The lowest BCUT2D eigenvalue weighted by Crippen LogP contribution is -1.96. The normalized spacial score (nSPS) is 15.7. The molecule has 3 rings (SSSR count). The van der Waals surface area contributed by atoms with Gasteiger partial charge in [0.15, 0.2) is 0 Å². The first-order valence-corrected chi connectivity index (χ1v) is 4.89. The Bertz CT molecular complexity index is 543. The van der Waals surface area contributed by atoms with Gasteiger partial charge in [0.25, 0.3) is 0 Å². The van der Waals surface area contributed by atoms with Gasteiger partial charge in [-0.1, -0.05) is 12.1 Å². The zero-order valence-corrected chi connectivity index (χ0v) is 7.96. The standard InChI is InChI=1S/C10H9N3O2/c14-13(15)10-8-3-1-2-4-9(8)12(11-10)7-5-6-7/h1-4,7H,5-6H2. The van der Waals surface area contributed by atoms with E-state index in [9.17, 15) is 10.1 Å². The molecular weight excluding hydrogens is 194 g/mol. The Morgan fingerprint density at radius 2 is 2.13 bits per heavy atom. The van der Waals surface area contributed by atoms with Gasteiger partial charge < -0.3 is 10.1 Å². The minimum absolute atomic E-state index is 0.0301. The Kier molecular flexibility index (Phi) is 1.56. The number of hydrogen-bond acceptors (Lipinski definition) is 3. The smallest absolute Gasteiger partial charge is 0.358 e. The Morgan fingerprint density at radius 1 is 1.40 bits per heavy atom. The number of nitrogens with zero attached hydrogens (tertiary/aromatic N) is 3. The Balaban J connectivity index is 2.32. The van der Waals surface area contributed by atoms with Crippen LogP contribution in [-0.2, 0) is 0 Å². The van der Waals surface area contributed by atoms with Gasteiger partial charge in [0, 0.05) is 0 Å². The van der Waals surface area contributed by atoms with Crippen molar-refractivity contribution < 1.29 is 4.92 Å². The maximum atomic E-state index is 10.8. The average molecular weight is 203 g/mol. The predicted octanol–water partition coefficient (Wildman–Crippen LogP) is 2.28. The molecule has 5 nitrogen and oxygen atoms in total. The van der Waals surface area contributed by atoms with Crippen LogP contribution in [0.4, 0.5) is 5.82 Å². The lowest BCUT2D eigenvalue weighted by molar-refractivity contribution is -0.388. The van der Waals surface area contributed by atoms with Gasteiger partial charge in [-0.05, 0) is 29.9 Å². The van der Waals surface area contributed by atoms with Crippen molar-refractivity contribution in [3.05, 3.63) is 34.4 Å². The third-order valence-electron chi connectivity index (χ3n) is 2.66. The van der Waals surface area contributed by atoms with Crippen LogP contribution >= 0.6 is 0 Å². The molecule has 1 aliphatic rings. The third kappa shape index (κ3) is 1.20. The molecule has 5 heteroatoms. The molecule has 0 atom stereocenters. The van der Waals surface area contributed by atoms with Crippen LogP contribution < -0.4 is 0 Å². The van der Waals surface area contributed by atoms with Gasteiger partial charge in [-0.15, -0.1) is 0 Å². The van der Waals surface area contributed by atoms with Crippen LogP contribution in [0.1, 0.15) is 18.9 Å². The second kappa shape index (κ2) is 2.79. The van der Waals surface area contributed by atoms with Crippen LogP contribution in [-0.4, -0.2) is 14.7 Å². The van der Waals surface area contributed by atoms with Crippen molar-refractivity contribution >= 4 is 16.7 Å². The molecule has 2 aromatic rings. The van der Waals surface area contributed by atoms with E-state index in [2.05, 4.69) is 5.10 Å². The first kappa shape index (κ1) is 8.40. The molecule has 1 heterocycles. The minimum atomic E-state index is -0.415. The van der Waals surface area contributed by atoms with E-state index in [0.29, 0.717) is 11.4 Å². The van der Waals surface area contributed by atoms with Crippen molar-refractivity contribution in [2.24, 2.45) is 0 Å². The second-order valence-corrected chi connectivity index (χ2v) is 3.77. The first-order valence-electron chi connectivity index (χ1n) is 4.89. The average Bonchev–Trinajstić information content (AvgIpc) is 2.99. The van der Waals surface area contributed by atoms with Crippen LogP contribution in [0, 0.1) is 10.1 Å². The third-order valence-corrected chi connectivity index (χ3v) is 2.66. The highest BCUT2D eigenvalue weighted by atomic mass is 16.6. The monoisotopic (exact) mass is 203 g/mol. The van der Waals surface area contributed by atoms with E-state index >= 15 is 0 Å². The van der Waals surface area contributed by atoms with Gasteiger partial charge in [-0.2, -0.15) is 4.68 Å². The lowest BCUT2D eigenvalue weighted by Gasteiger charge is -1.92. The van der Waals surface area contributed by atoms with E-state index in [4.69, 9.17) is 0 Å². The maximum absolute atomic E-state index is 10.8. The SMILES string of the molecule is O=[N+]([O-])c1nn(C2CC2)c2ccccc12. The summed E-state index contributed by atoms with van der Waals surface area (Å²) in [6, 6.07) is 7.68. The maximum Gasteiger partial charge on any atom is 0.397 e. The molecule has 1 aromatic carbocycles. The van der Waals surface area contributed by atoms with E-state index < -0.39 is 4.92 Å². The first-order chi connectivity index (χ1) is 7.27. The predicted molar refractivity (Wildman–Crippen MR) is 54.7 cm³/mol. The van der Waals surface area contributed by atoms with Gasteiger partial charge in [0.2, 0.25) is 0 Å². The number of nitro groups is 1. The summed E-state index contributed by atoms with van der Waals surface area (Å²) in [5, 5.41) is 15.5. The van der Waals surface area contributed by atoms with Gasteiger partial charge in [0.05, 0.1) is 16.7 Å². The van der Waals surface area contributed by atoms with Crippen LogP contribution in [0.2, 0.25) is 0 Å². The van der Waals surface area contributed by atoms with Crippen molar-refractivity contribution in [2.45, 2.75) is 18.9 Å². The molecule has 0 spiro atoms. The molecule has 0 radical (unpaired) electrons. The van der Waals surface area contributed by atoms with Gasteiger partial charge in [-0.3, -0.25) is 0 Å². The number of hydrogen-bond donors (Lipinski definition) is 0. The van der Waals surface area contributed by atoms with Crippen molar-refractivity contribution in [2.75, 3.05) is 0 Å². The summed E-state index contributed by atoms with van der Waals surface area (Å²) in [7, 11) is 0. The zero-order chi connectivity index (χ0) is 10.4. The van der Waals surface area contributed by atoms with Crippen molar-refractivity contribution in [1.82, 2.24) is 9.78 Å². The van der Waals surface area contributed by atoms with Crippen LogP contribution in [0.25, 0.3) is 10.9 Å². The summed E-state index contributed by atoms with van der Waals surface area (Å²) in [4.78, 5) is 10.4. The fourth-order valence-corrected chi connectivity index (χ4v) is 1.80. The van der Waals surface area contributed by atoms with E-state index in [0.717, 1.165) is 18.4 Å². The topological polar surface area (TPSA) is 61.0 Å². The number of benzene rings is 1. The molecule has 1 saturated carbocycles. The van der Waals surface area contributed by atoms with Crippen LogP contribution in [0.15, 0.2) is 24.3 Å². The van der Waals surface area contributed by atoms with E-state index in [-0.39, 0.29) is 5.82 Å². The fourth-order valence-electron chi connectivity index (χ4n) is 1.80. The fraction of sp³-hybridized carbons (Fsp3) is 0.300. The molecule has 0 N–H and O–H groups in total. The molecule has 0 unspecified atom stereocenters. The molecule has 0 amide bonds. The molecular formula is C10H9N3O2. The number of rotatable bonds is 2. The second-order valence-electron chi connectivity index (χ2n) is 3.77. The summed E-state index contributed by atoms with van der Waals surface area (Å²) in [5.74, 6) is -0.0301.